The number of carbonyl (C=O) groups is 2. The average Bonchev–Trinajstić information content (AvgIpc) is 3.29. The van der Waals surface area contributed by atoms with Crippen molar-refractivity contribution in [3.8, 4) is 0 Å². The van der Waals surface area contributed by atoms with Gasteiger partial charge in [-0.2, -0.15) is 10.2 Å². The van der Waals surface area contributed by atoms with E-state index in [4.69, 9.17) is 11.6 Å². The molecule has 0 radical (unpaired) electrons. The number of nitrogens with zero attached hydrogens (tertiary/aromatic N) is 5. The van der Waals surface area contributed by atoms with E-state index >= 15 is 0 Å². The lowest BCUT2D eigenvalue weighted by Crippen LogP contribution is -2.19. The SMILES string of the molecule is O=C(Cc1nnc(NC(=O)c2ncn[nH]2)s1)NN=Cc1ccccc1Cl. The fourth-order valence-corrected chi connectivity index (χ4v) is 2.70. The maximum absolute atomic E-state index is 11.9. The molecule has 0 saturated carbocycles. The molecule has 2 amide bonds. The minimum atomic E-state index is -0.501. The molecule has 3 N–H and O–H groups in total. The molecule has 0 aliphatic rings. The quantitative estimate of drug-likeness (QED) is 0.427. The second-order valence-electron chi connectivity index (χ2n) is 4.78. The second-order valence-corrected chi connectivity index (χ2v) is 6.25. The van der Waals surface area contributed by atoms with E-state index in [0.29, 0.717) is 15.6 Å². The van der Waals surface area contributed by atoms with Gasteiger partial charge in [0.2, 0.25) is 16.9 Å². The van der Waals surface area contributed by atoms with Gasteiger partial charge in [-0.05, 0) is 6.07 Å². The molecule has 0 unspecified atom stereocenters. The van der Waals surface area contributed by atoms with Crippen LogP contribution in [0, 0.1) is 0 Å². The van der Waals surface area contributed by atoms with Gasteiger partial charge >= 0.3 is 0 Å². The summed E-state index contributed by atoms with van der Waals surface area (Å²) in [6, 6.07) is 7.10. The molecule has 10 nitrogen and oxygen atoms in total. The fraction of sp³-hybridized carbons (Fsp3) is 0.0714. The summed E-state index contributed by atoms with van der Waals surface area (Å²) in [6.07, 6.45) is 2.63. The van der Waals surface area contributed by atoms with Crippen molar-refractivity contribution in [2.75, 3.05) is 5.32 Å². The minimum absolute atomic E-state index is 0.0320. The number of benzene rings is 1. The first-order chi connectivity index (χ1) is 12.6. The van der Waals surface area contributed by atoms with E-state index in [1.165, 1.54) is 12.5 Å². The van der Waals surface area contributed by atoms with Gasteiger partial charge in [-0.25, -0.2) is 10.4 Å². The number of hydrogen-bond acceptors (Lipinski definition) is 8. The number of amides is 2. The highest BCUT2D eigenvalue weighted by Crippen LogP contribution is 2.16. The topological polar surface area (TPSA) is 138 Å². The van der Waals surface area contributed by atoms with E-state index < -0.39 is 5.91 Å². The Morgan fingerprint density at radius 3 is 2.92 bits per heavy atom. The van der Waals surface area contributed by atoms with E-state index in [0.717, 1.165) is 11.3 Å². The van der Waals surface area contributed by atoms with Gasteiger partial charge in [0.25, 0.3) is 5.91 Å². The number of aromatic nitrogens is 5. The van der Waals surface area contributed by atoms with Crippen LogP contribution >= 0.6 is 22.9 Å². The van der Waals surface area contributed by atoms with E-state index in [1.54, 1.807) is 18.2 Å². The lowest BCUT2D eigenvalue weighted by molar-refractivity contribution is -0.120. The number of hydrazone groups is 1. The Bertz CT molecular complexity index is 940. The van der Waals surface area contributed by atoms with Crippen molar-refractivity contribution in [2.24, 2.45) is 5.10 Å². The van der Waals surface area contributed by atoms with Crippen LogP contribution in [0.1, 0.15) is 21.2 Å². The standard InChI is InChI=1S/C14H11ClN8O2S/c15-9-4-2-1-3-8(9)6-17-20-10(24)5-11-21-23-14(26-11)19-13(25)12-16-7-18-22-12/h1-4,6-7H,5H2,(H,20,24)(H,16,18,22)(H,19,23,25). The summed E-state index contributed by atoms with van der Waals surface area (Å²) in [5.41, 5.74) is 3.06. The molecule has 12 heteroatoms. The zero-order valence-electron chi connectivity index (χ0n) is 13.0. The van der Waals surface area contributed by atoms with Gasteiger partial charge in [0.1, 0.15) is 11.3 Å². The second kappa shape index (κ2) is 8.27. The van der Waals surface area contributed by atoms with Crippen molar-refractivity contribution in [2.45, 2.75) is 6.42 Å². The van der Waals surface area contributed by atoms with Crippen LogP contribution < -0.4 is 10.7 Å². The molecule has 3 aromatic rings. The first-order valence-electron chi connectivity index (χ1n) is 7.17. The molecule has 0 aliphatic heterocycles. The highest BCUT2D eigenvalue weighted by molar-refractivity contribution is 7.15. The highest BCUT2D eigenvalue weighted by atomic mass is 35.5. The van der Waals surface area contributed by atoms with Gasteiger partial charge < -0.3 is 0 Å². The molecule has 0 bridgehead atoms. The van der Waals surface area contributed by atoms with Crippen LogP contribution in [0.25, 0.3) is 0 Å². The maximum Gasteiger partial charge on any atom is 0.294 e. The van der Waals surface area contributed by atoms with Crippen LogP contribution in [0.3, 0.4) is 0 Å². The lowest BCUT2D eigenvalue weighted by atomic mass is 10.2. The molecule has 2 aromatic heterocycles. The smallest absolute Gasteiger partial charge is 0.294 e. The molecule has 0 atom stereocenters. The number of anilines is 1. The Kier molecular flexibility index (Phi) is 5.61. The third-order valence-electron chi connectivity index (χ3n) is 2.93. The number of H-pyrrole nitrogens is 1. The van der Waals surface area contributed by atoms with Crippen molar-refractivity contribution in [3.63, 3.8) is 0 Å². The van der Waals surface area contributed by atoms with Crippen molar-refractivity contribution >= 4 is 46.1 Å². The molecule has 0 spiro atoms. The van der Waals surface area contributed by atoms with Crippen molar-refractivity contribution in [1.82, 2.24) is 30.8 Å². The summed E-state index contributed by atoms with van der Waals surface area (Å²) in [5, 5.41) is 21.2. The van der Waals surface area contributed by atoms with Crippen molar-refractivity contribution < 1.29 is 9.59 Å². The molecular weight excluding hydrogens is 380 g/mol. The Morgan fingerprint density at radius 1 is 1.31 bits per heavy atom. The van der Waals surface area contributed by atoms with E-state index in [-0.39, 0.29) is 23.3 Å². The highest BCUT2D eigenvalue weighted by Gasteiger charge is 2.14. The molecule has 2 heterocycles. The van der Waals surface area contributed by atoms with Gasteiger partial charge in [-0.1, -0.05) is 41.1 Å². The predicted octanol–water partition coefficient (Wildman–Crippen LogP) is 1.25. The first-order valence-corrected chi connectivity index (χ1v) is 8.37. The van der Waals surface area contributed by atoms with Gasteiger partial charge in [-0.3, -0.25) is 20.0 Å². The minimum Gasteiger partial charge on any atom is -0.294 e. The normalized spacial score (nSPS) is 10.8. The third kappa shape index (κ3) is 4.68. The van der Waals surface area contributed by atoms with Crippen LogP contribution in [0.5, 0.6) is 0 Å². The van der Waals surface area contributed by atoms with E-state index in [1.807, 2.05) is 6.07 Å². The number of rotatable bonds is 6. The maximum atomic E-state index is 11.9. The molecule has 132 valence electrons. The summed E-state index contributed by atoms with van der Waals surface area (Å²) in [7, 11) is 0. The first kappa shape index (κ1) is 17.6. The lowest BCUT2D eigenvalue weighted by Gasteiger charge is -1.98. The summed E-state index contributed by atoms with van der Waals surface area (Å²) in [5.74, 6) is -0.829. The van der Waals surface area contributed by atoms with E-state index in [2.05, 4.69) is 41.2 Å². The number of nitrogens with one attached hydrogen (secondary N) is 3. The van der Waals surface area contributed by atoms with E-state index in [9.17, 15) is 9.59 Å². The Balaban J connectivity index is 1.51. The van der Waals surface area contributed by atoms with Crippen LogP contribution in [-0.2, 0) is 11.2 Å². The molecule has 3 rings (SSSR count). The van der Waals surface area contributed by atoms with Crippen LogP contribution in [0.15, 0.2) is 35.7 Å². The summed E-state index contributed by atoms with van der Waals surface area (Å²) < 4.78 is 0. The average molecular weight is 391 g/mol. The van der Waals surface area contributed by atoms with Crippen LogP contribution in [-0.4, -0.2) is 43.4 Å². The number of hydrogen-bond donors (Lipinski definition) is 3. The van der Waals surface area contributed by atoms with Crippen LogP contribution in [0.4, 0.5) is 5.13 Å². The molecule has 0 aliphatic carbocycles. The van der Waals surface area contributed by atoms with Crippen LogP contribution in [0.2, 0.25) is 5.02 Å². The number of halogens is 1. The van der Waals surface area contributed by atoms with Crippen molar-refractivity contribution in [3.05, 3.63) is 52.0 Å². The third-order valence-corrected chi connectivity index (χ3v) is 4.11. The van der Waals surface area contributed by atoms with Gasteiger partial charge in [0.15, 0.2) is 0 Å². The largest absolute Gasteiger partial charge is 0.294 e. The zero-order valence-corrected chi connectivity index (χ0v) is 14.6. The Hall–Kier alpha value is -3.18. The molecule has 0 saturated heterocycles. The molecule has 1 aromatic carbocycles. The molecule has 0 fully saturated rings. The van der Waals surface area contributed by atoms with Crippen molar-refractivity contribution in [1.29, 1.82) is 0 Å². The van der Waals surface area contributed by atoms with Gasteiger partial charge in [0, 0.05) is 10.6 Å². The molecular formula is C14H11ClN8O2S. The monoisotopic (exact) mass is 390 g/mol. The molecule has 26 heavy (non-hydrogen) atoms. The fourth-order valence-electron chi connectivity index (χ4n) is 1.78. The number of aromatic amines is 1. The summed E-state index contributed by atoms with van der Waals surface area (Å²) in [4.78, 5) is 27.4. The Morgan fingerprint density at radius 2 is 2.15 bits per heavy atom. The van der Waals surface area contributed by atoms with Gasteiger partial charge in [0.05, 0.1) is 12.6 Å². The Labute approximate surface area is 155 Å². The number of carbonyl (C=O) groups excluding carboxylic acids is 2. The predicted molar refractivity (Wildman–Crippen MR) is 95.1 cm³/mol. The zero-order chi connectivity index (χ0) is 18.4. The summed E-state index contributed by atoms with van der Waals surface area (Å²) in [6.45, 7) is 0. The summed E-state index contributed by atoms with van der Waals surface area (Å²) >= 11 is 7.05. The van der Waals surface area contributed by atoms with Gasteiger partial charge in [-0.15, -0.1) is 10.2 Å².